The van der Waals surface area contributed by atoms with Crippen LogP contribution in [0.25, 0.3) is 11.1 Å². The van der Waals surface area contributed by atoms with Crippen LogP contribution in [0.15, 0.2) is 66.7 Å². The Bertz CT molecular complexity index is 1280. The number of likely N-dealkylation sites (N-methyl/N-ethyl adjacent to an activating group) is 1. The number of phenols is 1. The van der Waals surface area contributed by atoms with Crippen molar-refractivity contribution in [2.75, 3.05) is 24.4 Å². The smallest absolute Gasteiger partial charge is 0.125 e. The van der Waals surface area contributed by atoms with E-state index in [9.17, 15) is 18.6 Å². The zero-order valence-electron chi connectivity index (χ0n) is 20.3. The molecule has 0 amide bonds. The number of hydrogen-bond donors (Lipinski definition) is 3. The minimum atomic E-state index is -3.25. The van der Waals surface area contributed by atoms with Gasteiger partial charge in [0, 0.05) is 48.9 Å². The summed E-state index contributed by atoms with van der Waals surface area (Å²) in [6, 6.07) is 19.3. The average Bonchev–Trinajstić information content (AvgIpc) is 3.01. The van der Waals surface area contributed by atoms with E-state index in [2.05, 4.69) is 11.8 Å². The number of nitrogens with zero attached hydrogens (tertiary/aromatic N) is 3. The maximum Gasteiger partial charge on any atom is 0.125 e. The van der Waals surface area contributed by atoms with Crippen molar-refractivity contribution in [3.05, 3.63) is 83.1 Å². The third-order valence-corrected chi connectivity index (χ3v) is 9.81. The molecule has 2 atom stereocenters. The van der Waals surface area contributed by atoms with Gasteiger partial charge in [-0.05, 0) is 61.7 Å². The lowest BCUT2D eigenvalue weighted by Crippen LogP contribution is -2.57. The number of likely N-dealkylation sites (tertiary alicyclic amines) is 1. The summed E-state index contributed by atoms with van der Waals surface area (Å²) in [5.41, 5.74) is 2.51. The number of anilines is 1. The second-order valence-corrected chi connectivity index (χ2v) is 12.3. The van der Waals surface area contributed by atoms with Crippen LogP contribution in [0.5, 0.6) is 5.75 Å². The Morgan fingerprint density at radius 1 is 1.06 bits per heavy atom. The fourth-order valence-corrected chi connectivity index (χ4v) is 7.78. The second kappa shape index (κ2) is 9.52. The van der Waals surface area contributed by atoms with Crippen LogP contribution in [-0.4, -0.2) is 55.1 Å². The third-order valence-electron chi connectivity index (χ3n) is 7.43. The van der Waals surface area contributed by atoms with Gasteiger partial charge in [-0.3, -0.25) is 18.3 Å². The van der Waals surface area contributed by atoms with E-state index < -0.39 is 22.3 Å². The van der Waals surface area contributed by atoms with Crippen molar-refractivity contribution in [2.45, 2.75) is 37.9 Å². The Balaban J connectivity index is 1.39. The molecule has 6 nitrogen and oxygen atoms in total. The highest BCUT2D eigenvalue weighted by atomic mass is 35.5. The van der Waals surface area contributed by atoms with Crippen LogP contribution in [-0.2, 0) is 6.54 Å². The highest BCUT2D eigenvalue weighted by molar-refractivity contribution is 8.23. The molecule has 36 heavy (non-hydrogen) atoms. The maximum absolute atomic E-state index is 14.1. The van der Waals surface area contributed by atoms with Crippen molar-refractivity contribution >= 4 is 28.3 Å². The monoisotopic (exact) mass is 531 g/mol. The first kappa shape index (κ1) is 25.3. The summed E-state index contributed by atoms with van der Waals surface area (Å²) >= 11 is 6.38. The molecule has 2 fully saturated rings. The van der Waals surface area contributed by atoms with Crippen molar-refractivity contribution in [1.29, 1.82) is 0 Å². The fraction of sp³-hybridized carbons (Fsp3) is 0.333. The van der Waals surface area contributed by atoms with Gasteiger partial charge in [-0.25, -0.2) is 4.39 Å². The molecule has 3 aromatic rings. The van der Waals surface area contributed by atoms with Gasteiger partial charge in [-0.1, -0.05) is 52.9 Å². The summed E-state index contributed by atoms with van der Waals surface area (Å²) in [5.74, 6) is -0.220. The van der Waals surface area contributed by atoms with Gasteiger partial charge in [-0.2, -0.15) is 4.31 Å². The number of benzene rings is 3. The van der Waals surface area contributed by atoms with Gasteiger partial charge in [0.25, 0.3) is 0 Å². The summed E-state index contributed by atoms with van der Waals surface area (Å²) in [7, 11) is -1.54. The predicted octanol–water partition coefficient (Wildman–Crippen LogP) is 6.61. The lowest BCUT2D eigenvalue weighted by molar-refractivity contribution is 0.100. The molecule has 0 radical (unpaired) electrons. The molecule has 2 aliphatic rings. The van der Waals surface area contributed by atoms with Crippen LogP contribution >= 0.6 is 22.6 Å². The van der Waals surface area contributed by atoms with Crippen molar-refractivity contribution in [1.82, 2.24) is 9.21 Å². The SMILES string of the molecule is C[C@H]1C[C@]2(CCN1Cc1ccc(O)c(-c3ccccc3Cl)c1)CN(C)S(O)(O)N2c1cccc(F)c1. The first-order chi connectivity index (χ1) is 17.1. The number of rotatable bonds is 4. The molecular weight excluding hydrogens is 501 g/mol. The van der Waals surface area contributed by atoms with E-state index >= 15 is 0 Å². The molecule has 5 rings (SSSR count). The molecular formula is C27H31ClFN3O3S. The van der Waals surface area contributed by atoms with E-state index in [1.165, 1.54) is 12.1 Å². The number of piperidine rings is 1. The minimum Gasteiger partial charge on any atom is -0.507 e. The van der Waals surface area contributed by atoms with Gasteiger partial charge >= 0.3 is 0 Å². The molecule has 9 heteroatoms. The van der Waals surface area contributed by atoms with Crippen molar-refractivity contribution < 1.29 is 18.6 Å². The first-order valence-electron chi connectivity index (χ1n) is 12.0. The van der Waals surface area contributed by atoms with Crippen molar-refractivity contribution in [3.8, 4) is 16.9 Å². The van der Waals surface area contributed by atoms with Crippen LogP contribution in [0.1, 0.15) is 25.3 Å². The van der Waals surface area contributed by atoms with Crippen LogP contribution in [0.3, 0.4) is 0 Å². The number of hydrogen-bond acceptors (Lipinski definition) is 6. The second-order valence-electron chi connectivity index (χ2n) is 9.88. The summed E-state index contributed by atoms with van der Waals surface area (Å²) in [4.78, 5) is 2.36. The summed E-state index contributed by atoms with van der Waals surface area (Å²) in [5, 5.41) is 11.1. The molecule has 2 saturated heterocycles. The molecule has 0 saturated carbocycles. The van der Waals surface area contributed by atoms with Crippen LogP contribution in [0.2, 0.25) is 5.02 Å². The molecule has 0 unspecified atom stereocenters. The Hall–Kier alpha value is -2.33. The lowest BCUT2D eigenvalue weighted by atomic mass is 9.82. The zero-order valence-corrected chi connectivity index (χ0v) is 21.9. The predicted molar refractivity (Wildman–Crippen MR) is 145 cm³/mol. The number of aromatic hydroxyl groups is 1. The Labute approximate surface area is 218 Å². The third kappa shape index (κ3) is 4.47. The van der Waals surface area contributed by atoms with Crippen LogP contribution < -0.4 is 4.31 Å². The molecule has 3 aromatic carbocycles. The Kier molecular flexibility index (Phi) is 6.70. The van der Waals surface area contributed by atoms with Gasteiger partial charge in [0.1, 0.15) is 11.6 Å². The zero-order chi connectivity index (χ0) is 25.7. The molecule has 0 bridgehead atoms. The Morgan fingerprint density at radius 2 is 1.83 bits per heavy atom. The van der Waals surface area contributed by atoms with Gasteiger partial charge < -0.3 is 5.11 Å². The van der Waals surface area contributed by atoms with Crippen LogP contribution in [0.4, 0.5) is 10.1 Å². The molecule has 2 heterocycles. The summed E-state index contributed by atoms with van der Waals surface area (Å²) in [6.45, 7) is 4.05. The van der Waals surface area contributed by atoms with Crippen LogP contribution in [0, 0.1) is 5.82 Å². The van der Waals surface area contributed by atoms with Crippen molar-refractivity contribution in [2.24, 2.45) is 0 Å². The standard InChI is InChI=1S/C27H31ClFN3O3S/c1-19-16-27(18-30(2)36(34,35)32(27)22-7-5-6-21(29)15-22)12-13-31(19)17-20-10-11-26(33)24(14-20)23-8-3-4-9-25(23)28/h3-11,14-15,19,33-35H,12-13,16-18H2,1-2H3/t19-,27+/m0/s1. The molecule has 2 aliphatic heterocycles. The first-order valence-corrected chi connectivity index (χ1v) is 13.8. The molecule has 0 aliphatic carbocycles. The normalized spacial score (nSPS) is 25.4. The summed E-state index contributed by atoms with van der Waals surface area (Å²) in [6.07, 6.45) is 1.39. The largest absolute Gasteiger partial charge is 0.507 e. The van der Waals surface area contributed by atoms with Gasteiger partial charge in [0.2, 0.25) is 0 Å². The molecule has 0 aromatic heterocycles. The van der Waals surface area contributed by atoms with E-state index in [1.807, 2.05) is 36.4 Å². The number of halogens is 2. The quantitative estimate of drug-likeness (QED) is 0.352. The minimum absolute atomic E-state index is 0.133. The van der Waals surface area contributed by atoms with Gasteiger partial charge in [0.15, 0.2) is 0 Å². The van der Waals surface area contributed by atoms with E-state index in [0.717, 1.165) is 17.7 Å². The number of phenolic OH excluding ortho intramolecular Hbond substituents is 1. The van der Waals surface area contributed by atoms with E-state index in [-0.39, 0.29) is 11.8 Å². The summed E-state index contributed by atoms with van der Waals surface area (Å²) < 4.78 is 39.5. The molecule has 1 spiro atoms. The highest BCUT2D eigenvalue weighted by Crippen LogP contribution is 2.61. The molecule has 3 N–H and O–H groups in total. The molecule has 192 valence electrons. The van der Waals surface area contributed by atoms with Crippen molar-refractivity contribution in [3.63, 3.8) is 0 Å². The van der Waals surface area contributed by atoms with Gasteiger partial charge in [0.05, 0.1) is 11.2 Å². The maximum atomic E-state index is 14.1. The average molecular weight is 532 g/mol. The van der Waals surface area contributed by atoms with Gasteiger partial charge in [-0.15, -0.1) is 0 Å². The highest BCUT2D eigenvalue weighted by Gasteiger charge is 2.55. The van der Waals surface area contributed by atoms with E-state index in [0.29, 0.717) is 42.2 Å². The lowest BCUT2D eigenvalue weighted by Gasteiger charge is -2.51. The Morgan fingerprint density at radius 3 is 2.56 bits per heavy atom. The fourth-order valence-electron chi connectivity index (χ4n) is 5.71. The topological polar surface area (TPSA) is 70.4 Å². The van der Waals surface area contributed by atoms with E-state index in [4.69, 9.17) is 11.6 Å². The van der Waals surface area contributed by atoms with E-state index in [1.54, 1.807) is 33.9 Å².